The summed E-state index contributed by atoms with van der Waals surface area (Å²) in [5.74, 6) is -0.318. The molecule has 2 amide bonds. The van der Waals surface area contributed by atoms with E-state index in [1.807, 2.05) is 20.9 Å². The van der Waals surface area contributed by atoms with Crippen LogP contribution in [0.3, 0.4) is 0 Å². The Bertz CT molecular complexity index is 1010. The first kappa shape index (κ1) is 17.6. The number of rotatable bonds is 4. The van der Waals surface area contributed by atoms with Crippen molar-refractivity contribution in [2.75, 3.05) is 10.6 Å². The van der Waals surface area contributed by atoms with E-state index in [0.29, 0.717) is 29.0 Å². The van der Waals surface area contributed by atoms with Crippen molar-refractivity contribution in [3.63, 3.8) is 0 Å². The van der Waals surface area contributed by atoms with Gasteiger partial charge in [0.25, 0.3) is 5.91 Å². The maximum atomic E-state index is 12.9. The van der Waals surface area contributed by atoms with Crippen LogP contribution in [-0.2, 0) is 11.8 Å². The number of carbonyl (C=O) groups is 2. The molecule has 0 unspecified atom stereocenters. The highest BCUT2D eigenvalue weighted by Crippen LogP contribution is 2.23. The number of hydrogen-bond acceptors (Lipinski definition) is 4. The van der Waals surface area contributed by atoms with Gasteiger partial charge >= 0.3 is 0 Å². The number of nitrogens with one attached hydrogen (secondary N) is 2. The van der Waals surface area contributed by atoms with Gasteiger partial charge in [0.1, 0.15) is 0 Å². The van der Waals surface area contributed by atoms with Gasteiger partial charge in [0, 0.05) is 30.5 Å². The first-order valence-corrected chi connectivity index (χ1v) is 8.41. The first-order chi connectivity index (χ1) is 12.4. The average molecular weight is 351 g/mol. The Morgan fingerprint density at radius 3 is 2.50 bits per heavy atom. The van der Waals surface area contributed by atoms with Crippen LogP contribution in [0.25, 0.3) is 11.0 Å². The van der Waals surface area contributed by atoms with Crippen LogP contribution in [0.4, 0.5) is 11.4 Å². The monoisotopic (exact) mass is 351 g/mol. The van der Waals surface area contributed by atoms with Crippen LogP contribution in [0, 0.1) is 13.8 Å². The molecule has 0 atom stereocenters. The van der Waals surface area contributed by atoms with Crippen LogP contribution in [0.2, 0.25) is 0 Å². The van der Waals surface area contributed by atoms with Gasteiger partial charge in [0.05, 0.1) is 16.6 Å². The van der Waals surface area contributed by atoms with Gasteiger partial charge in [0.15, 0.2) is 5.65 Å². The Hall–Kier alpha value is -3.22. The topological polar surface area (TPSA) is 88.9 Å². The molecule has 0 aliphatic heterocycles. The highest BCUT2D eigenvalue weighted by atomic mass is 16.2. The third kappa shape index (κ3) is 3.42. The van der Waals surface area contributed by atoms with E-state index >= 15 is 0 Å². The Kier molecular flexibility index (Phi) is 4.71. The predicted molar refractivity (Wildman–Crippen MR) is 101 cm³/mol. The van der Waals surface area contributed by atoms with Crippen molar-refractivity contribution in [2.24, 2.45) is 7.05 Å². The van der Waals surface area contributed by atoms with Crippen molar-refractivity contribution in [3.8, 4) is 0 Å². The van der Waals surface area contributed by atoms with Crippen LogP contribution in [0.15, 0.2) is 30.3 Å². The third-order valence-electron chi connectivity index (χ3n) is 4.07. The SMILES string of the molecule is CCC(=O)Nc1cccc(NC(=O)c2cc(C)nc3c2c(C)nn3C)c1. The molecule has 2 N–H and O–H groups in total. The summed E-state index contributed by atoms with van der Waals surface area (Å²) in [4.78, 5) is 28.9. The molecule has 2 heterocycles. The minimum Gasteiger partial charge on any atom is -0.326 e. The van der Waals surface area contributed by atoms with Gasteiger partial charge in [-0.05, 0) is 38.1 Å². The van der Waals surface area contributed by atoms with E-state index in [0.717, 1.165) is 16.8 Å². The summed E-state index contributed by atoms with van der Waals surface area (Å²) in [5, 5.41) is 10.8. The molecule has 26 heavy (non-hydrogen) atoms. The largest absolute Gasteiger partial charge is 0.326 e. The molecular formula is C19H21N5O2. The second-order valence-corrected chi connectivity index (χ2v) is 6.16. The fourth-order valence-corrected chi connectivity index (χ4v) is 2.87. The molecule has 0 radical (unpaired) electrons. The zero-order valence-corrected chi connectivity index (χ0v) is 15.3. The minimum atomic E-state index is -0.240. The average Bonchev–Trinajstić information content (AvgIpc) is 2.88. The highest BCUT2D eigenvalue weighted by molar-refractivity contribution is 6.12. The Morgan fingerprint density at radius 1 is 1.12 bits per heavy atom. The number of benzene rings is 1. The second-order valence-electron chi connectivity index (χ2n) is 6.16. The molecular weight excluding hydrogens is 330 g/mol. The molecule has 0 spiro atoms. The Labute approximate surface area is 151 Å². The van der Waals surface area contributed by atoms with Gasteiger partial charge in [-0.15, -0.1) is 0 Å². The number of nitrogens with zero attached hydrogens (tertiary/aromatic N) is 3. The maximum Gasteiger partial charge on any atom is 0.256 e. The number of amides is 2. The number of carbonyl (C=O) groups excluding carboxylic acids is 2. The van der Waals surface area contributed by atoms with Crippen LogP contribution < -0.4 is 10.6 Å². The molecule has 1 aromatic carbocycles. The number of pyridine rings is 1. The summed E-state index contributed by atoms with van der Waals surface area (Å²) in [5.41, 5.74) is 3.95. The Morgan fingerprint density at radius 2 is 1.81 bits per heavy atom. The number of aryl methyl sites for hydroxylation is 3. The molecule has 7 heteroatoms. The number of aromatic nitrogens is 3. The fraction of sp³-hybridized carbons (Fsp3) is 0.263. The second kappa shape index (κ2) is 6.95. The molecule has 0 fully saturated rings. The third-order valence-corrected chi connectivity index (χ3v) is 4.07. The van der Waals surface area contributed by atoms with Crippen LogP contribution >= 0.6 is 0 Å². The Balaban J connectivity index is 1.93. The van der Waals surface area contributed by atoms with Crippen molar-refractivity contribution >= 4 is 34.2 Å². The van der Waals surface area contributed by atoms with E-state index in [2.05, 4.69) is 20.7 Å². The highest BCUT2D eigenvalue weighted by Gasteiger charge is 2.18. The zero-order chi connectivity index (χ0) is 18.8. The maximum absolute atomic E-state index is 12.9. The van der Waals surface area contributed by atoms with E-state index in [9.17, 15) is 9.59 Å². The molecule has 3 aromatic rings. The number of fused-ring (bicyclic) bond motifs is 1. The number of hydrogen-bond donors (Lipinski definition) is 2. The summed E-state index contributed by atoms with van der Waals surface area (Å²) >= 11 is 0. The van der Waals surface area contributed by atoms with Gasteiger partial charge in [-0.3, -0.25) is 14.3 Å². The van der Waals surface area contributed by atoms with Gasteiger partial charge < -0.3 is 10.6 Å². The van der Waals surface area contributed by atoms with Crippen molar-refractivity contribution in [3.05, 3.63) is 47.3 Å². The summed E-state index contributed by atoms with van der Waals surface area (Å²) < 4.78 is 1.68. The van der Waals surface area contributed by atoms with Crippen LogP contribution in [0.5, 0.6) is 0 Å². The molecule has 0 saturated heterocycles. The predicted octanol–water partition coefficient (Wildman–Crippen LogP) is 3.19. The quantitative estimate of drug-likeness (QED) is 0.755. The lowest BCUT2D eigenvalue weighted by molar-refractivity contribution is -0.115. The van der Waals surface area contributed by atoms with E-state index < -0.39 is 0 Å². The van der Waals surface area contributed by atoms with E-state index in [1.165, 1.54) is 0 Å². The summed E-state index contributed by atoms with van der Waals surface area (Å²) in [6, 6.07) is 8.83. The molecule has 0 aliphatic carbocycles. The normalized spacial score (nSPS) is 10.8. The summed E-state index contributed by atoms with van der Waals surface area (Å²) in [6.07, 6.45) is 0.394. The van der Waals surface area contributed by atoms with Gasteiger partial charge in [-0.25, -0.2) is 4.98 Å². The summed E-state index contributed by atoms with van der Waals surface area (Å²) in [6.45, 7) is 5.49. The standard InChI is InChI=1S/C19H21N5O2/c1-5-16(25)21-13-7-6-8-14(10-13)22-19(26)15-9-11(2)20-18-17(15)12(3)23-24(18)4/h6-10H,5H2,1-4H3,(H,21,25)(H,22,26). The van der Waals surface area contributed by atoms with Crippen molar-refractivity contribution in [1.29, 1.82) is 0 Å². The smallest absolute Gasteiger partial charge is 0.256 e. The van der Waals surface area contributed by atoms with Crippen molar-refractivity contribution in [2.45, 2.75) is 27.2 Å². The van der Waals surface area contributed by atoms with Crippen LogP contribution in [-0.4, -0.2) is 26.6 Å². The van der Waals surface area contributed by atoms with E-state index in [1.54, 1.807) is 41.9 Å². The molecule has 0 bridgehead atoms. The molecule has 134 valence electrons. The number of anilines is 2. The zero-order valence-electron chi connectivity index (χ0n) is 15.3. The molecule has 3 rings (SSSR count). The van der Waals surface area contributed by atoms with Gasteiger partial charge in [-0.2, -0.15) is 5.10 Å². The molecule has 7 nitrogen and oxygen atoms in total. The first-order valence-electron chi connectivity index (χ1n) is 8.41. The molecule has 0 aliphatic rings. The lowest BCUT2D eigenvalue weighted by Gasteiger charge is -2.10. The van der Waals surface area contributed by atoms with Crippen molar-refractivity contribution < 1.29 is 9.59 Å². The van der Waals surface area contributed by atoms with Crippen LogP contribution in [0.1, 0.15) is 35.1 Å². The lowest BCUT2D eigenvalue weighted by atomic mass is 10.1. The van der Waals surface area contributed by atoms with E-state index in [-0.39, 0.29) is 11.8 Å². The summed E-state index contributed by atoms with van der Waals surface area (Å²) in [7, 11) is 1.81. The molecule has 0 saturated carbocycles. The molecule has 2 aromatic heterocycles. The van der Waals surface area contributed by atoms with Crippen molar-refractivity contribution in [1.82, 2.24) is 14.8 Å². The van der Waals surface area contributed by atoms with Gasteiger partial charge in [-0.1, -0.05) is 13.0 Å². The van der Waals surface area contributed by atoms with E-state index in [4.69, 9.17) is 0 Å². The minimum absolute atomic E-state index is 0.0778. The fourth-order valence-electron chi connectivity index (χ4n) is 2.87. The lowest BCUT2D eigenvalue weighted by Crippen LogP contribution is -2.14. The van der Waals surface area contributed by atoms with Gasteiger partial charge in [0.2, 0.25) is 5.91 Å².